The van der Waals surface area contributed by atoms with Gasteiger partial charge in [0.2, 0.25) is 0 Å². The minimum Gasteiger partial charge on any atom is -0.351 e. The molecule has 2 N–H and O–H groups in total. The molecule has 0 aliphatic carbocycles. The van der Waals surface area contributed by atoms with Gasteiger partial charge in [-0.05, 0) is 30.5 Å². The lowest BCUT2D eigenvalue weighted by Gasteiger charge is -2.25. The Hall–Kier alpha value is -1.85. The third kappa shape index (κ3) is 2.09. The highest BCUT2D eigenvalue weighted by atomic mass is 32.1. The summed E-state index contributed by atoms with van der Waals surface area (Å²) in [5.41, 5.74) is 7.92. The van der Waals surface area contributed by atoms with E-state index in [2.05, 4.69) is 40.8 Å². The number of thiophene rings is 1. The van der Waals surface area contributed by atoms with E-state index in [0.717, 1.165) is 17.2 Å². The maximum absolute atomic E-state index is 5.93. The van der Waals surface area contributed by atoms with E-state index in [-0.39, 0.29) is 6.04 Å². The minimum absolute atomic E-state index is 0.283. The standard InChI is InChI=1S/C15H18N4S/c1-11(13-6-5-9-20-13)18(2)15-12(10-16)19-8-4-3-7-14(19)17-15/h3-9,11H,10,16H2,1-2H3. The molecule has 0 amide bonds. The van der Waals surface area contributed by atoms with Crippen molar-refractivity contribution < 1.29 is 0 Å². The van der Waals surface area contributed by atoms with Crippen molar-refractivity contribution in [2.24, 2.45) is 5.73 Å². The fourth-order valence-electron chi connectivity index (χ4n) is 2.41. The summed E-state index contributed by atoms with van der Waals surface area (Å²) in [6.45, 7) is 2.66. The van der Waals surface area contributed by atoms with E-state index in [0.29, 0.717) is 6.54 Å². The molecule has 20 heavy (non-hydrogen) atoms. The van der Waals surface area contributed by atoms with E-state index in [9.17, 15) is 0 Å². The van der Waals surface area contributed by atoms with Crippen molar-refractivity contribution >= 4 is 22.8 Å². The van der Waals surface area contributed by atoms with Crippen LogP contribution < -0.4 is 10.6 Å². The largest absolute Gasteiger partial charge is 0.351 e. The molecule has 3 rings (SSSR count). The molecule has 1 unspecified atom stereocenters. The Bertz CT molecular complexity index is 702. The number of anilines is 1. The Morgan fingerprint density at radius 1 is 1.35 bits per heavy atom. The van der Waals surface area contributed by atoms with Crippen LogP contribution in [0.3, 0.4) is 0 Å². The summed E-state index contributed by atoms with van der Waals surface area (Å²) in [7, 11) is 2.07. The lowest BCUT2D eigenvalue weighted by Crippen LogP contribution is -2.23. The average Bonchev–Trinajstić information content (AvgIpc) is 3.12. The lowest BCUT2D eigenvalue weighted by molar-refractivity contribution is 0.737. The Morgan fingerprint density at radius 3 is 2.90 bits per heavy atom. The van der Waals surface area contributed by atoms with Gasteiger partial charge in [0, 0.05) is 24.7 Å². The van der Waals surface area contributed by atoms with E-state index in [4.69, 9.17) is 10.7 Å². The number of nitrogens with zero attached hydrogens (tertiary/aromatic N) is 3. The predicted molar refractivity (Wildman–Crippen MR) is 84.2 cm³/mol. The highest BCUT2D eigenvalue weighted by molar-refractivity contribution is 7.10. The second-order valence-electron chi connectivity index (χ2n) is 4.82. The van der Waals surface area contributed by atoms with Crippen LogP contribution in [0.25, 0.3) is 5.65 Å². The van der Waals surface area contributed by atoms with Crippen LogP contribution in [0.2, 0.25) is 0 Å². The van der Waals surface area contributed by atoms with E-state index < -0.39 is 0 Å². The first-order chi connectivity index (χ1) is 9.72. The molecule has 0 saturated carbocycles. The Balaban J connectivity index is 2.05. The van der Waals surface area contributed by atoms with Gasteiger partial charge in [-0.25, -0.2) is 4.98 Å². The zero-order chi connectivity index (χ0) is 14.1. The van der Waals surface area contributed by atoms with Crippen LogP contribution >= 0.6 is 11.3 Å². The molecule has 0 spiro atoms. The molecule has 0 fully saturated rings. The summed E-state index contributed by atoms with van der Waals surface area (Å²) in [6.07, 6.45) is 2.01. The van der Waals surface area contributed by atoms with Crippen LogP contribution in [0, 0.1) is 0 Å². The molecule has 3 aromatic rings. The number of aromatic nitrogens is 2. The number of pyridine rings is 1. The number of fused-ring (bicyclic) bond motifs is 1. The molecule has 0 aromatic carbocycles. The number of imidazole rings is 1. The normalized spacial score (nSPS) is 12.8. The third-order valence-corrected chi connectivity index (χ3v) is 4.71. The molecule has 3 heterocycles. The Labute approximate surface area is 122 Å². The third-order valence-electron chi connectivity index (χ3n) is 3.67. The van der Waals surface area contributed by atoms with Crippen molar-refractivity contribution in [1.82, 2.24) is 9.38 Å². The molecule has 0 bridgehead atoms. The van der Waals surface area contributed by atoms with Crippen molar-refractivity contribution in [3.8, 4) is 0 Å². The first-order valence-electron chi connectivity index (χ1n) is 6.64. The monoisotopic (exact) mass is 286 g/mol. The quantitative estimate of drug-likeness (QED) is 0.802. The summed E-state index contributed by atoms with van der Waals surface area (Å²) in [5, 5.41) is 2.10. The summed E-state index contributed by atoms with van der Waals surface area (Å²) in [5.74, 6) is 0.958. The van der Waals surface area contributed by atoms with E-state index >= 15 is 0 Å². The van der Waals surface area contributed by atoms with Crippen molar-refractivity contribution in [1.29, 1.82) is 0 Å². The van der Waals surface area contributed by atoms with Gasteiger partial charge in [0.1, 0.15) is 5.65 Å². The predicted octanol–water partition coefficient (Wildman–Crippen LogP) is 3.05. The number of nitrogens with two attached hydrogens (primary N) is 1. The van der Waals surface area contributed by atoms with Crippen LogP contribution in [-0.2, 0) is 6.54 Å². The van der Waals surface area contributed by atoms with Crippen LogP contribution in [0.5, 0.6) is 0 Å². The fourth-order valence-corrected chi connectivity index (χ4v) is 3.24. The topological polar surface area (TPSA) is 46.6 Å². The highest BCUT2D eigenvalue weighted by Crippen LogP contribution is 2.30. The van der Waals surface area contributed by atoms with Crippen molar-refractivity contribution in [2.75, 3.05) is 11.9 Å². The molecule has 5 heteroatoms. The molecule has 4 nitrogen and oxygen atoms in total. The average molecular weight is 286 g/mol. The van der Waals surface area contributed by atoms with Crippen molar-refractivity contribution in [3.05, 3.63) is 52.5 Å². The van der Waals surface area contributed by atoms with Crippen LogP contribution in [0.4, 0.5) is 5.82 Å². The van der Waals surface area contributed by atoms with Gasteiger partial charge in [-0.3, -0.25) is 0 Å². The molecule has 1 atom stereocenters. The molecule has 0 aliphatic heterocycles. The highest BCUT2D eigenvalue weighted by Gasteiger charge is 2.20. The second-order valence-corrected chi connectivity index (χ2v) is 5.80. The van der Waals surface area contributed by atoms with Gasteiger partial charge in [-0.15, -0.1) is 11.3 Å². The van der Waals surface area contributed by atoms with Gasteiger partial charge in [-0.1, -0.05) is 12.1 Å². The van der Waals surface area contributed by atoms with Crippen LogP contribution in [0.1, 0.15) is 23.5 Å². The first kappa shape index (κ1) is 13.1. The number of rotatable bonds is 4. The minimum atomic E-state index is 0.283. The van der Waals surface area contributed by atoms with Gasteiger partial charge in [0.05, 0.1) is 11.7 Å². The van der Waals surface area contributed by atoms with Gasteiger partial charge in [0.25, 0.3) is 0 Å². The van der Waals surface area contributed by atoms with E-state index in [1.54, 1.807) is 11.3 Å². The van der Waals surface area contributed by atoms with E-state index in [1.807, 2.05) is 24.4 Å². The van der Waals surface area contributed by atoms with Crippen LogP contribution in [0.15, 0.2) is 41.9 Å². The Morgan fingerprint density at radius 2 is 2.20 bits per heavy atom. The maximum atomic E-state index is 5.93. The lowest BCUT2D eigenvalue weighted by atomic mass is 10.2. The summed E-state index contributed by atoms with van der Waals surface area (Å²) in [6, 6.07) is 10.5. The zero-order valence-electron chi connectivity index (χ0n) is 11.7. The second kappa shape index (κ2) is 5.26. The van der Waals surface area contributed by atoms with Gasteiger partial charge < -0.3 is 15.0 Å². The molecular weight excluding hydrogens is 268 g/mol. The van der Waals surface area contributed by atoms with Crippen molar-refractivity contribution in [2.45, 2.75) is 19.5 Å². The molecular formula is C15H18N4S. The SMILES string of the molecule is CC(c1cccs1)N(C)c1nc2ccccn2c1CN. The fraction of sp³-hybridized carbons (Fsp3) is 0.267. The summed E-state index contributed by atoms with van der Waals surface area (Å²) < 4.78 is 2.06. The summed E-state index contributed by atoms with van der Waals surface area (Å²) in [4.78, 5) is 8.25. The molecule has 0 aliphatic rings. The molecule has 0 saturated heterocycles. The molecule has 0 radical (unpaired) electrons. The Kier molecular flexibility index (Phi) is 3.46. The molecule has 104 valence electrons. The van der Waals surface area contributed by atoms with Crippen molar-refractivity contribution in [3.63, 3.8) is 0 Å². The molecule has 3 aromatic heterocycles. The smallest absolute Gasteiger partial charge is 0.152 e. The van der Waals surface area contributed by atoms with E-state index in [1.165, 1.54) is 4.88 Å². The number of hydrogen-bond acceptors (Lipinski definition) is 4. The van der Waals surface area contributed by atoms with Gasteiger partial charge in [0.15, 0.2) is 5.82 Å². The first-order valence-corrected chi connectivity index (χ1v) is 7.52. The van der Waals surface area contributed by atoms with Crippen LogP contribution in [-0.4, -0.2) is 16.4 Å². The number of hydrogen-bond donors (Lipinski definition) is 1. The zero-order valence-corrected chi connectivity index (χ0v) is 12.5. The van der Waals surface area contributed by atoms with Gasteiger partial charge in [-0.2, -0.15) is 0 Å². The maximum Gasteiger partial charge on any atom is 0.152 e. The summed E-state index contributed by atoms with van der Waals surface area (Å²) >= 11 is 1.77. The van der Waals surface area contributed by atoms with Gasteiger partial charge >= 0.3 is 0 Å².